The minimum absolute atomic E-state index is 0.0693. The number of halogens is 1. The summed E-state index contributed by atoms with van der Waals surface area (Å²) in [5, 5.41) is 0.964. The van der Waals surface area contributed by atoms with E-state index in [9.17, 15) is 4.79 Å². The van der Waals surface area contributed by atoms with Crippen LogP contribution in [0.4, 0.5) is 0 Å². The van der Waals surface area contributed by atoms with Crippen LogP contribution in [0, 0.1) is 0 Å². The van der Waals surface area contributed by atoms with Crippen molar-refractivity contribution in [2.75, 3.05) is 13.2 Å². The summed E-state index contributed by atoms with van der Waals surface area (Å²) in [6.45, 7) is 2.50. The number of nitrogens with zero attached hydrogens (tertiary/aromatic N) is 2. The van der Waals surface area contributed by atoms with Crippen LogP contribution < -0.4 is 9.47 Å². The lowest BCUT2D eigenvalue weighted by Crippen LogP contribution is -2.16. The maximum absolute atomic E-state index is 11.2. The van der Waals surface area contributed by atoms with Crippen molar-refractivity contribution in [2.45, 2.75) is 19.4 Å². The summed E-state index contributed by atoms with van der Waals surface area (Å²) >= 11 is 6.06. The summed E-state index contributed by atoms with van der Waals surface area (Å²) in [4.78, 5) is 19.3. The molecule has 0 aliphatic carbocycles. The number of benzene rings is 1. The molecule has 1 fully saturated rings. The highest BCUT2D eigenvalue weighted by Gasteiger charge is 2.21. The molecule has 1 aliphatic heterocycles. The Balaban J connectivity index is 2.04. The second-order valence-corrected chi connectivity index (χ2v) is 5.04. The first-order valence-corrected chi connectivity index (χ1v) is 6.88. The first-order valence-electron chi connectivity index (χ1n) is 6.50. The molecule has 2 aromatic rings. The molecule has 3 rings (SSSR count). The molecule has 1 aromatic heterocycles. The van der Waals surface area contributed by atoms with Crippen LogP contribution in [0.25, 0.3) is 10.9 Å². The van der Waals surface area contributed by atoms with Crippen molar-refractivity contribution in [1.82, 2.24) is 9.97 Å². The molecule has 0 amide bonds. The fraction of sp³-hybridized carbons (Fsp3) is 0.357. The van der Waals surface area contributed by atoms with Crippen LogP contribution in [-0.4, -0.2) is 35.3 Å². The average molecular weight is 309 g/mol. The van der Waals surface area contributed by atoms with Gasteiger partial charge >= 0.3 is 5.97 Å². The van der Waals surface area contributed by atoms with Crippen molar-refractivity contribution in [1.29, 1.82) is 0 Å². The van der Waals surface area contributed by atoms with E-state index in [1.54, 1.807) is 12.1 Å². The monoisotopic (exact) mass is 308 g/mol. The standard InChI is InChI=1S/C14H13ClN2O4/c1-8(18)20-13-5-11-10(14(15)17-7-16-11)4-12(13)21-9-2-3-19-6-9/h4-5,7,9H,2-3,6H2,1H3/t9-/m0/s1. The highest BCUT2D eigenvalue weighted by atomic mass is 35.5. The van der Waals surface area contributed by atoms with E-state index < -0.39 is 5.97 Å². The van der Waals surface area contributed by atoms with Crippen molar-refractivity contribution in [2.24, 2.45) is 0 Å². The van der Waals surface area contributed by atoms with E-state index >= 15 is 0 Å². The number of hydrogen-bond donors (Lipinski definition) is 0. The number of carbonyl (C=O) groups excluding carboxylic acids is 1. The van der Waals surface area contributed by atoms with Gasteiger partial charge in [-0.25, -0.2) is 9.97 Å². The van der Waals surface area contributed by atoms with Gasteiger partial charge in [-0.1, -0.05) is 11.6 Å². The second kappa shape index (κ2) is 5.83. The van der Waals surface area contributed by atoms with E-state index in [-0.39, 0.29) is 6.10 Å². The number of rotatable bonds is 3. The van der Waals surface area contributed by atoms with E-state index in [1.807, 2.05) is 0 Å². The lowest BCUT2D eigenvalue weighted by atomic mass is 10.2. The highest BCUT2D eigenvalue weighted by molar-refractivity contribution is 6.34. The van der Waals surface area contributed by atoms with E-state index in [2.05, 4.69) is 9.97 Å². The third kappa shape index (κ3) is 3.06. The molecule has 0 spiro atoms. The predicted octanol–water partition coefficient (Wildman–Crippen LogP) is 2.38. The van der Waals surface area contributed by atoms with E-state index in [4.69, 9.17) is 25.8 Å². The Morgan fingerprint density at radius 3 is 2.95 bits per heavy atom. The lowest BCUT2D eigenvalue weighted by Gasteiger charge is -2.16. The van der Waals surface area contributed by atoms with Crippen molar-refractivity contribution in [3.63, 3.8) is 0 Å². The number of hydrogen-bond acceptors (Lipinski definition) is 6. The lowest BCUT2D eigenvalue weighted by molar-refractivity contribution is -0.132. The van der Waals surface area contributed by atoms with E-state index in [1.165, 1.54) is 13.3 Å². The Hall–Kier alpha value is -1.92. The second-order valence-electron chi connectivity index (χ2n) is 4.68. The molecule has 2 heterocycles. The van der Waals surface area contributed by atoms with Crippen molar-refractivity contribution >= 4 is 28.5 Å². The third-order valence-corrected chi connectivity index (χ3v) is 3.39. The molecule has 7 heteroatoms. The minimum Gasteiger partial charge on any atom is -0.484 e. The van der Waals surface area contributed by atoms with Gasteiger partial charge in [-0.05, 0) is 6.07 Å². The summed E-state index contributed by atoms with van der Waals surface area (Å²) in [5.41, 5.74) is 0.585. The van der Waals surface area contributed by atoms with Gasteiger partial charge in [0, 0.05) is 24.8 Å². The molecule has 110 valence electrons. The van der Waals surface area contributed by atoms with Gasteiger partial charge in [-0.15, -0.1) is 0 Å². The normalized spacial score (nSPS) is 17.9. The Morgan fingerprint density at radius 2 is 2.24 bits per heavy atom. The quantitative estimate of drug-likeness (QED) is 0.492. The van der Waals surface area contributed by atoms with Gasteiger partial charge in [0.2, 0.25) is 0 Å². The van der Waals surface area contributed by atoms with Crippen LogP contribution in [0.2, 0.25) is 5.15 Å². The number of aromatic nitrogens is 2. The fourth-order valence-electron chi connectivity index (χ4n) is 2.14. The molecule has 0 saturated carbocycles. The molecule has 0 bridgehead atoms. The zero-order chi connectivity index (χ0) is 14.8. The number of esters is 1. The van der Waals surface area contributed by atoms with Gasteiger partial charge in [0.05, 0.1) is 18.7 Å². The third-order valence-electron chi connectivity index (χ3n) is 3.09. The Kier molecular flexibility index (Phi) is 3.90. The van der Waals surface area contributed by atoms with Gasteiger partial charge in [-0.2, -0.15) is 0 Å². The Labute approximate surface area is 126 Å². The van der Waals surface area contributed by atoms with Crippen LogP contribution in [-0.2, 0) is 9.53 Å². The van der Waals surface area contributed by atoms with Crippen LogP contribution in [0.1, 0.15) is 13.3 Å². The summed E-state index contributed by atoms with van der Waals surface area (Å²) in [5.74, 6) is 0.323. The first-order chi connectivity index (χ1) is 10.1. The maximum Gasteiger partial charge on any atom is 0.308 e. The van der Waals surface area contributed by atoms with Crippen LogP contribution in [0.3, 0.4) is 0 Å². The largest absolute Gasteiger partial charge is 0.484 e. The zero-order valence-electron chi connectivity index (χ0n) is 11.3. The molecule has 1 aliphatic rings. The van der Waals surface area contributed by atoms with E-state index in [0.29, 0.717) is 40.8 Å². The Morgan fingerprint density at radius 1 is 1.38 bits per heavy atom. The summed E-state index contributed by atoms with van der Waals surface area (Å²) < 4.78 is 16.3. The summed E-state index contributed by atoms with van der Waals surface area (Å²) in [6.07, 6.45) is 2.07. The average Bonchev–Trinajstić information content (AvgIpc) is 2.93. The molecule has 21 heavy (non-hydrogen) atoms. The van der Waals surface area contributed by atoms with E-state index in [0.717, 1.165) is 6.42 Å². The molecule has 1 aromatic carbocycles. The molecule has 6 nitrogen and oxygen atoms in total. The van der Waals surface area contributed by atoms with Crippen LogP contribution in [0.15, 0.2) is 18.5 Å². The highest BCUT2D eigenvalue weighted by Crippen LogP contribution is 2.35. The first kappa shape index (κ1) is 14.0. The van der Waals surface area contributed by atoms with Gasteiger partial charge in [-0.3, -0.25) is 4.79 Å². The number of ether oxygens (including phenoxy) is 3. The summed E-state index contributed by atoms with van der Waals surface area (Å²) in [6, 6.07) is 3.31. The van der Waals surface area contributed by atoms with Gasteiger partial charge < -0.3 is 14.2 Å². The number of fused-ring (bicyclic) bond motifs is 1. The minimum atomic E-state index is -0.429. The molecule has 1 saturated heterocycles. The molecule has 0 N–H and O–H groups in total. The van der Waals surface area contributed by atoms with Gasteiger partial charge in [0.25, 0.3) is 0 Å². The molecular formula is C14H13ClN2O4. The molecular weight excluding hydrogens is 296 g/mol. The molecule has 0 radical (unpaired) electrons. The number of carbonyl (C=O) groups is 1. The van der Waals surface area contributed by atoms with Crippen molar-refractivity contribution < 1.29 is 19.0 Å². The maximum atomic E-state index is 11.2. The van der Waals surface area contributed by atoms with Crippen molar-refractivity contribution in [3.8, 4) is 11.5 Å². The molecule has 1 atom stereocenters. The molecule has 0 unspecified atom stereocenters. The Bertz CT molecular complexity index is 686. The zero-order valence-corrected chi connectivity index (χ0v) is 12.1. The van der Waals surface area contributed by atoms with Gasteiger partial charge in [0.1, 0.15) is 17.6 Å². The SMILES string of the molecule is CC(=O)Oc1cc2ncnc(Cl)c2cc1O[C@H]1CCOC1. The smallest absolute Gasteiger partial charge is 0.308 e. The van der Waals surface area contributed by atoms with Crippen molar-refractivity contribution in [3.05, 3.63) is 23.6 Å². The van der Waals surface area contributed by atoms with Gasteiger partial charge in [0.15, 0.2) is 11.5 Å². The predicted molar refractivity (Wildman–Crippen MR) is 75.7 cm³/mol. The topological polar surface area (TPSA) is 70.5 Å². The summed E-state index contributed by atoms with van der Waals surface area (Å²) in [7, 11) is 0. The fourth-order valence-corrected chi connectivity index (χ4v) is 2.34. The van der Waals surface area contributed by atoms with Crippen LogP contribution in [0.5, 0.6) is 11.5 Å². The van der Waals surface area contributed by atoms with Crippen LogP contribution >= 0.6 is 11.6 Å².